The van der Waals surface area contributed by atoms with Crippen LogP contribution in [0, 0.1) is 0 Å². The van der Waals surface area contributed by atoms with Gasteiger partial charge in [-0.3, -0.25) is 4.79 Å². The number of allylic oxidation sites excluding steroid dienone is 1. The number of rotatable bonds is 6. The Balaban J connectivity index is 1.72. The van der Waals surface area contributed by atoms with E-state index in [2.05, 4.69) is 0 Å². The highest BCUT2D eigenvalue weighted by molar-refractivity contribution is 8.16. The minimum atomic E-state index is -0.511. The first kappa shape index (κ1) is 24.3. The van der Waals surface area contributed by atoms with Crippen LogP contribution in [0.5, 0.6) is 5.75 Å². The van der Waals surface area contributed by atoms with Gasteiger partial charge >= 0.3 is 5.97 Å². The maximum Gasteiger partial charge on any atom is 0.338 e. The van der Waals surface area contributed by atoms with Crippen LogP contribution in [-0.2, 0) is 19.1 Å². The highest BCUT2D eigenvalue weighted by atomic mass is 32.2. The molecule has 0 spiro atoms. The summed E-state index contributed by atoms with van der Waals surface area (Å²) in [5.74, 6) is 0.247. The molecule has 0 saturated carbocycles. The minimum Gasteiger partial charge on any atom is -0.496 e. The van der Waals surface area contributed by atoms with E-state index in [0.29, 0.717) is 36.5 Å². The third kappa shape index (κ3) is 4.59. The average molecular weight is 486 g/mol. The molecule has 8 nitrogen and oxygen atoms in total. The van der Waals surface area contributed by atoms with Gasteiger partial charge in [0.2, 0.25) is 5.91 Å². The number of aliphatic imine (C=N–C) groups is 1. The Labute approximate surface area is 204 Å². The molecule has 0 radical (unpaired) electrons. The van der Waals surface area contributed by atoms with Crippen molar-refractivity contribution < 1.29 is 23.8 Å². The Morgan fingerprint density at radius 1 is 1.18 bits per heavy atom. The van der Waals surface area contributed by atoms with Crippen LogP contribution in [-0.4, -0.2) is 66.4 Å². The number of carbonyl (C=O) groups excluding carboxylic acids is 2. The van der Waals surface area contributed by atoms with Crippen LogP contribution in [0.25, 0.3) is 0 Å². The van der Waals surface area contributed by atoms with Gasteiger partial charge in [0.05, 0.1) is 50.2 Å². The molecule has 4 rings (SSSR count). The summed E-state index contributed by atoms with van der Waals surface area (Å²) in [5.41, 5.74) is 2.76. The normalized spacial score (nSPS) is 24.4. The lowest BCUT2D eigenvalue weighted by Crippen LogP contribution is -2.48. The van der Waals surface area contributed by atoms with Crippen LogP contribution >= 0.6 is 11.8 Å². The molecular weight excluding hydrogens is 454 g/mol. The Bertz CT molecular complexity index is 1060. The molecule has 0 aromatic heterocycles. The van der Waals surface area contributed by atoms with Gasteiger partial charge < -0.3 is 24.0 Å². The first-order valence-electron chi connectivity index (χ1n) is 11.5. The minimum absolute atomic E-state index is 0.00551. The largest absolute Gasteiger partial charge is 0.496 e. The topological polar surface area (TPSA) is 80.7 Å². The Kier molecular flexibility index (Phi) is 7.33. The SMILES string of the molecule is CCC1=C(C(=O)OC)[C@H](c2ccccc2OC)N2C(CC(=O)N3C[C@@H](C)O[C@H](C)C3)=CSC2=N1. The fourth-order valence-electron chi connectivity index (χ4n) is 4.75. The Morgan fingerprint density at radius 2 is 1.88 bits per heavy atom. The van der Waals surface area contributed by atoms with Gasteiger partial charge in [-0.1, -0.05) is 36.9 Å². The van der Waals surface area contributed by atoms with Crippen LogP contribution in [0.2, 0.25) is 0 Å². The molecule has 0 bridgehead atoms. The van der Waals surface area contributed by atoms with E-state index < -0.39 is 12.0 Å². The fourth-order valence-corrected chi connectivity index (χ4v) is 5.68. The molecule has 182 valence electrons. The highest BCUT2D eigenvalue weighted by Crippen LogP contribution is 2.47. The van der Waals surface area contributed by atoms with E-state index in [1.165, 1.54) is 18.9 Å². The number of benzene rings is 1. The summed E-state index contributed by atoms with van der Waals surface area (Å²) in [4.78, 5) is 35.0. The van der Waals surface area contributed by atoms with E-state index in [-0.39, 0.29) is 24.5 Å². The van der Waals surface area contributed by atoms with Crippen LogP contribution in [0.4, 0.5) is 0 Å². The number of morpholine rings is 1. The van der Waals surface area contributed by atoms with Gasteiger partial charge in [0.1, 0.15) is 5.75 Å². The van der Waals surface area contributed by atoms with Crippen LogP contribution in [0.1, 0.15) is 45.2 Å². The van der Waals surface area contributed by atoms with Gasteiger partial charge in [-0.25, -0.2) is 9.79 Å². The third-order valence-corrected chi connectivity index (χ3v) is 7.06. The number of hydrogen-bond acceptors (Lipinski definition) is 8. The van der Waals surface area contributed by atoms with E-state index in [4.69, 9.17) is 19.2 Å². The lowest BCUT2D eigenvalue weighted by Gasteiger charge is -2.38. The van der Waals surface area contributed by atoms with Gasteiger partial charge in [0.25, 0.3) is 0 Å². The van der Waals surface area contributed by atoms with E-state index in [0.717, 1.165) is 16.4 Å². The van der Waals surface area contributed by atoms with Crippen molar-refractivity contribution in [3.05, 3.63) is 52.2 Å². The predicted molar refractivity (Wildman–Crippen MR) is 131 cm³/mol. The number of esters is 1. The number of thioether (sulfide) groups is 1. The van der Waals surface area contributed by atoms with Crippen molar-refractivity contribution >= 4 is 28.8 Å². The van der Waals surface area contributed by atoms with E-state index in [1.54, 1.807) is 7.11 Å². The number of carbonyl (C=O) groups is 2. The van der Waals surface area contributed by atoms with E-state index in [1.807, 2.05) is 60.2 Å². The van der Waals surface area contributed by atoms with Crippen molar-refractivity contribution in [1.29, 1.82) is 0 Å². The molecule has 1 fully saturated rings. The summed E-state index contributed by atoms with van der Waals surface area (Å²) in [7, 11) is 2.99. The lowest BCUT2D eigenvalue weighted by molar-refractivity contribution is -0.142. The first-order valence-corrected chi connectivity index (χ1v) is 12.4. The van der Waals surface area contributed by atoms with Gasteiger partial charge in [-0.05, 0) is 31.7 Å². The zero-order valence-corrected chi connectivity index (χ0v) is 21.1. The summed E-state index contributed by atoms with van der Waals surface area (Å²) in [5, 5.41) is 2.70. The van der Waals surface area contributed by atoms with Crippen LogP contribution in [0.3, 0.4) is 0 Å². The molecule has 1 aromatic carbocycles. The molecule has 34 heavy (non-hydrogen) atoms. The lowest BCUT2D eigenvalue weighted by atomic mass is 9.92. The molecule has 3 aliphatic heterocycles. The number of hydrogen-bond donors (Lipinski definition) is 0. The molecule has 3 atom stereocenters. The zero-order valence-electron chi connectivity index (χ0n) is 20.2. The molecule has 0 aliphatic carbocycles. The summed E-state index contributed by atoms with van der Waals surface area (Å²) < 4.78 is 16.6. The number of amidine groups is 1. The van der Waals surface area contributed by atoms with E-state index >= 15 is 0 Å². The molecule has 1 saturated heterocycles. The maximum atomic E-state index is 13.3. The monoisotopic (exact) mass is 485 g/mol. The number of para-hydroxylation sites is 1. The Hall–Kier alpha value is -2.78. The molecule has 0 unspecified atom stereocenters. The quantitative estimate of drug-likeness (QED) is 0.566. The summed E-state index contributed by atoms with van der Waals surface area (Å²) >= 11 is 1.47. The zero-order chi connectivity index (χ0) is 24.4. The van der Waals surface area contributed by atoms with Crippen molar-refractivity contribution in [3.63, 3.8) is 0 Å². The molecule has 0 N–H and O–H groups in total. The van der Waals surface area contributed by atoms with Crippen LogP contribution < -0.4 is 4.74 Å². The molecule has 1 aromatic rings. The molecular formula is C25H31N3O5S. The number of methoxy groups -OCH3 is 2. The van der Waals surface area contributed by atoms with Crippen molar-refractivity contribution in [2.24, 2.45) is 4.99 Å². The highest BCUT2D eigenvalue weighted by Gasteiger charge is 2.43. The third-order valence-electron chi connectivity index (χ3n) is 6.17. The number of fused-ring (bicyclic) bond motifs is 1. The number of nitrogens with zero attached hydrogens (tertiary/aromatic N) is 3. The van der Waals surface area contributed by atoms with Gasteiger partial charge in [-0.15, -0.1) is 0 Å². The van der Waals surface area contributed by atoms with Crippen molar-refractivity contribution in [2.75, 3.05) is 27.3 Å². The smallest absolute Gasteiger partial charge is 0.338 e. The number of ether oxygens (including phenoxy) is 3. The average Bonchev–Trinajstić information content (AvgIpc) is 3.23. The predicted octanol–water partition coefficient (Wildman–Crippen LogP) is 3.86. The number of amides is 1. The first-order chi connectivity index (χ1) is 16.4. The van der Waals surface area contributed by atoms with E-state index in [9.17, 15) is 9.59 Å². The van der Waals surface area contributed by atoms with Crippen molar-refractivity contribution in [1.82, 2.24) is 9.80 Å². The summed E-state index contributed by atoms with van der Waals surface area (Å²) in [6.45, 7) is 7.05. The molecule has 1 amide bonds. The Morgan fingerprint density at radius 3 is 2.53 bits per heavy atom. The van der Waals surface area contributed by atoms with Gasteiger partial charge in [0, 0.05) is 24.4 Å². The van der Waals surface area contributed by atoms with Crippen LogP contribution in [0.15, 0.2) is 51.6 Å². The molecule has 9 heteroatoms. The van der Waals surface area contributed by atoms with Crippen molar-refractivity contribution in [3.8, 4) is 5.75 Å². The standard InChI is InChI=1S/C25H31N3O5S/c1-6-19-22(24(30)32-5)23(18-9-7-8-10-20(18)31-4)28-17(14-34-25(28)26-19)11-21(29)27-12-15(2)33-16(3)13-27/h7-10,14-16,23H,6,11-13H2,1-5H3/t15-,16-,23+/m1/s1. The van der Waals surface area contributed by atoms with Crippen molar-refractivity contribution in [2.45, 2.75) is 51.9 Å². The maximum absolute atomic E-state index is 13.3. The fraction of sp³-hybridized carbons (Fsp3) is 0.480. The second kappa shape index (κ2) is 10.2. The molecule has 3 heterocycles. The summed E-state index contributed by atoms with van der Waals surface area (Å²) in [6.07, 6.45) is 0.766. The molecule has 3 aliphatic rings. The second-order valence-electron chi connectivity index (χ2n) is 8.57. The van der Waals surface area contributed by atoms with Gasteiger partial charge in [-0.2, -0.15) is 0 Å². The summed E-state index contributed by atoms with van der Waals surface area (Å²) in [6, 6.07) is 7.11. The van der Waals surface area contributed by atoms with Gasteiger partial charge in [0.15, 0.2) is 5.17 Å². The second-order valence-corrected chi connectivity index (χ2v) is 9.41.